The van der Waals surface area contributed by atoms with E-state index >= 15 is 0 Å². The Morgan fingerprint density at radius 3 is 2.00 bits per heavy atom. The SMILES string of the molecule is O=C(O)C(CCNC(=O)[C@H]1OC(O)[C@H](O)[C@@H](O)[C@H]1O)C(=O)O. The molecule has 1 amide bonds. The highest BCUT2D eigenvalue weighted by Gasteiger charge is 2.46. The van der Waals surface area contributed by atoms with Crippen LogP contribution < -0.4 is 5.32 Å². The van der Waals surface area contributed by atoms with Gasteiger partial charge < -0.3 is 40.7 Å². The highest BCUT2D eigenvalue weighted by atomic mass is 16.6. The molecule has 1 aliphatic rings. The number of hydrogen-bond acceptors (Lipinski definition) is 8. The van der Waals surface area contributed by atoms with E-state index in [0.29, 0.717) is 0 Å². The number of nitrogens with one attached hydrogen (secondary N) is 1. The number of amides is 1. The van der Waals surface area contributed by atoms with Gasteiger partial charge in [-0.15, -0.1) is 0 Å². The molecular weight excluding hydrogens is 306 g/mol. The van der Waals surface area contributed by atoms with Crippen molar-refractivity contribution in [3.63, 3.8) is 0 Å². The molecule has 1 saturated heterocycles. The molecule has 1 unspecified atom stereocenters. The molecule has 0 radical (unpaired) electrons. The predicted octanol–water partition coefficient (Wildman–Crippen LogP) is -3.92. The summed E-state index contributed by atoms with van der Waals surface area (Å²) in [5, 5.41) is 56.9. The van der Waals surface area contributed by atoms with Gasteiger partial charge in [0.05, 0.1) is 0 Å². The van der Waals surface area contributed by atoms with Crippen molar-refractivity contribution in [1.82, 2.24) is 5.32 Å². The first-order valence-electron chi connectivity index (χ1n) is 6.27. The first-order valence-corrected chi connectivity index (χ1v) is 6.27. The van der Waals surface area contributed by atoms with E-state index in [-0.39, 0.29) is 6.54 Å². The number of aliphatic hydroxyl groups excluding tert-OH is 4. The van der Waals surface area contributed by atoms with Gasteiger partial charge in [-0.25, -0.2) is 0 Å². The van der Waals surface area contributed by atoms with Gasteiger partial charge in [0.1, 0.15) is 18.3 Å². The Balaban J connectivity index is 2.55. The lowest BCUT2D eigenvalue weighted by Gasteiger charge is -2.37. The summed E-state index contributed by atoms with van der Waals surface area (Å²) in [6, 6.07) is 0. The number of ether oxygens (including phenoxy) is 1. The number of carbonyl (C=O) groups excluding carboxylic acids is 1. The minimum absolute atomic E-state index is 0.344. The number of carboxylic acids is 2. The van der Waals surface area contributed by atoms with Crippen molar-refractivity contribution in [2.24, 2.45) is 5.92 Å². The number of aliphatic carboxylic acids is 2. The molecule has 1 fully saturated rings. The van der Waals surface area contributed by atoms with E-state index in [4.69, 9.17) is 10.2 Å². The lowest BCUT2D eigenvalue weighted by Crippen LogP contribution is -2.61. The molecule has 0 spiro atoms. The fraction of sp³-hybridized carbons (Fsp3) is 0.727. The summed E-state index contributed by atoms with van der Waals surface area (Å²) >= 11 is 0. The lowest BCUT2D eigenvalue weighted by molar-refractivity contribution is -0.275. The van der Waals surface area contributed by atoms with Crippen molar-refractivity contribution in [2.45, 2.75) is 37.1 Å². The fourth-order valence-electron chi connectivity index (χ4n) is 1.87. The van der Waals surface area contributed by atoms with Gasteiger partial charge >= 0.3 is 11.9 Å². The minimum Gasteiger partial charge on any atom is -0.481 e. The van der Waals surface area contributed by atoms with Crippen molar-refractivity contribution in [1.29, 1.82) is 0 Å². The standard InChI is InChI=1S/C11H17NO10/c13-4-5(14)7(22-11(21)6(4)15)8(16)12-2-1-3(9(17)18)10(19)20/h3-7,11,13-15,21H,1-2H2,(H,12,16)(H,17,18)(H,19,20)/t4-,5+,6+,7-,11?/m0/s1. The molecular formula is C11H17NO10. The smallest absolute Gasteiger partial charge is 0.317 e. The van der Waals surface area contributed by atoms with Crippen LogP contribution in [-0.2, 0) is 19.1 Å². The van der Waals surface area contributed by atoms with E-state index in [2.05, 4.69) is 10.1 Å². The molecule has 0 aromatic rings. The maximum Gasteiger partial charge on any atom is 0.317 e. The lowest BCUT2D eigenvalue weighted by atomic mass is 9.98. The number of carboxylic acid groups (broad SMARTS) is 2. The summed E-state index contributed by atoms with van der Waals surface area (Å²) in [6.07, 6.45) is -9.41. The van der Waals surface area contributed by atoms with Gasteiger partial charge in [0.25, 0.3) is 5.91 Å². The van der Waals surface area contributed by atoms with E-state index in [1.54, 1.807) is 0 Å². The minimum atomic E-state index is -1.89. The third kappa shape index (κ3) is 4.11. The zero-order valence-electron chi connectivity index (χ0n) is 11.2. The molecule has 1 heterocycles. The molecule has 22 heavy (non-hydrogen) atoms. The largest absolute Gasteiger partial charge is 0.481 e. The van der Waals surface area contributed by atoms with Gasteiger partial charge in [0.2, 0.25) is 0 Å². The highest BCUT2D eigenvalue weighted by Crippen LogP contribution is 2.19. The summed E-state index contributed by atoms with van der Waals surface area (Å²) < 4.78 is 4.65. The first-order chi connectivity index (χ1) is 10.2. The maximum absolute atomic E-state index is 11.7. The number of carbonyl (C=O) groups is 3. The van der Waals surface area contributed by atoms with Gasteiger partial charge in [0.15, 0.2) is 18.3 Å². The molecule has 1 rings (SSSR count). The van der Waals surface area contributed by atoms with Crippen LogP contribution >= 0.6 is 0 Å². The van der Waals surface area contributed by atoms with Crippen LogP contribution in [0.25, 0.3) is 0 Å². The van der Waals surface area contributed by atoms with Crippen LogP contribution in [-0.4, -0.2) is 85.7 Å². The van der Waals surface area contributed by atoms with Crippen LogP contribution in [0.4, 0.5) is 0 Å². The van der Waals surface area contributed by atoms with E-state index in [1.165, 1.54) is 0 Å². The molecule has 7 N–H and O–H groups in total. The molecule has 1 aliphatic heterocycles. The Hall–Kier alpha value is -1.79. The van der Waals surface area contributed by atoms with Gasteiger partial charge in [0, 0.05) is 6.54 Å². The van der Waals surface area contributed by atoms with Crippen LogP contribution in [0, 0.1) is 5.92 Å². The Morgan fingerprint density at radius 2 is 1.50 bits per heavy atom. The van der Waals surface area contributed by atoms with Crippen molar-refractivity contribution >= 4 is 17.8 Å². The van der Waals surface area contributed by atoms with Crippen LogP contribution in [0.5, 0.6) is 0 Å². The van der Waals surface area contributed by atoms with Crippen molar-refractivity contribution in [2.75, 3.05) is 6.54 Å². The quantitative estimate of drug-likeness (QED) is 0.237. The summed E-state index contributed by atoms with van der Waals surface area (Å²) in [5.41, 5.74) is 0. The van der Waals surface area contributed by atoms with Gasteiger partial charge in [-0.05, 0) is 6.42 Å². The number of aliphatic hydroxyl groups is 4. The Morgan fingerprint density at radius 1 is 0.955 bits per heavy atom. The van der Waals surface area contributed by atoms with Crippen molar-refractivity contribution in [3.8, 4) is 0 Å². The Kier molecular flexibility index (Phi) is 6.20. The fourth-order valence-corrected chi connectivity index (χ4v) is 1.87. The first kappa shape index (κ1) is 18.3. The Bertz CT molecular complexity index is 427. The molecule has 0 aromatic carbocycles. The number of rotatable bonds is 6. The summed E-state index contributed by atoms with van der Waals surface area (Å²) in [6.45, 7) is -0.344. The van der Waals surface area contributed by atoms with Crippen molar-refractivity contribution < 1.29 is 49.8 Å². The Labute approximate surface area is 123 Å². The second-order valence-corrected chi connectivity index (χ2v) is 4.73. The molecule has 0 saturated carbocycles. The molecule has 0 aliphatic carbocycles. The van der Waals surface area contributed by atoms with Crippen LogP contribution in [0.2, 0.25) is 0 Å². The van der Waals surface area contributed by atoms with Crippen LogP contribution in [0.3, 0.4) is 0 Å². The average molecular weight is 323 g/mol. The molecule has 5 atom stereocenters. The van der Waals surface area contributed by atoms with Gasteiger partial charge in [-0.1, -0.05) is 0 Å². The molecule has 0 bridgehead atoms. The molecule has 0 aromatic heterocycles. The van der Waals surface area contributed by atoms with Crippen LogP contribution in [0.1, 0.15) is 6.42 Å². The summed E-state index contributed by atoms with van der Waals surface area (Å²) in [4.78, 5) is 33.0. The highest BCUT2D eigenvalue weighted by molar-refractivity contribution is 5.92. The molecule has 126 valence electrons. The summed E-state index contributed by atoms with van der Waals surface area (Å²) in [5.74, 6) is -5.84. The van der Waals surface area contributed by atoms with Crippen LogP contribution in [0.15, 0.2) is 0 Å². The zero-order valence-corrected chi connectivity index (χ0v) is 11.2. The predicted molar refractivity (Wildman–Crippen MR) is 65.3 cm³/mol. The second-order valence-electron chi connectivity index (χ2n) is 4.73. The van der Waals surface area contributed by atoms with E-state index in [9.17, 15) is 34.8 Å². The van der Waals surface area contributed by atoms with Gasteiger partial charge in [-0.3, -0.25) is 14.4 Å². The summed E-state index contributed by atoms with van der Waals surface area (Å²) in [7, 11) is 0. The van der Waals surface area contributed by atoms with E-state index in [0.717, 1.165) is 0 Å². The second kappa shape index (κ2) is 7.47. The molecule has 11 nitrogen and oxygen atoms in total. The normalized spacial score (nSPS) is 31.8. The zero-order chi connectivity index (χ0) is 17.0. The third-order valence-electron chi connectivity index (χ3n) is 3.18. The van der Waals surface area contributed by atoms with Gasteiger partial charge in [-0.2, -0.15) is 0 Å². The van der Waals surface area contributed by atoms with E-state index in [1.807, 2.05) is 0 Å². The average Bonchev–Trinajstić information content (AvgIpc) is 2.44. The van der Waals surface area contributed by atoms with E-state index < -0.39 is 60.9 Å². The number of hydrogen-bond donors (Lipinski definition) is 7. The van der Waals surface area contributed by atoms with Crippen molar-refractivity contribution in [3.05, 3.63) is 0 Å². The molecule has 11 heteroatoms. The monoisotopic (exact) mass is 323 g/mol. The third-order valence-corrected chi connectivity index (χ3v) is 3.18. The maximum atomic E-state index is 11.7. The topological polar surface area (TPSA) is 194 Å².